The standard InChI is InChI=1S/C13H16O5/c1-8(6-12(14)15)13(16)10-7-9(17-2)4-5-11(10)18-3/h4-5,7-8H,6H2,1-3H3,(H,14,15). The summed E-state index contributed by atoms with van der Waals surface area (Å²) in [6, 6.07) is 4.86. The second kappa shape index (κ2) is 6.05. The van der Waals surface area contributed by atoms with E-state index in [1.165, 1.54) is 14.2 Å². The molecule has 1 atom stereocenters. The third-order valence-electron chi connectivity index (χ3n) is 2.60. The summed E-state index contributed by atoms with van der Waals surface area (Å²) in [5, 5.41) is 8.70. The van der Waals surface area contributed by atoms with E-state index >= 15 is 0 Å². The zero-order valence-electron chi connectivity index (χ0n) is 10.6. The Balaban J connectivity index is 3.05. The maximum atomic E-state index is 12.1. The molecule has 0 spiro atoms. The summed E-state index contributed by atoms with van der Waals surface area (Å²) in [6.45, 7) is 1.58. The number of Topliss-reactive ketones (excluding diaryl/α,β-unsaturated/α-hetero) is 1. The number of hydrogen-bond donors (Lipinski definition) is 1. The van der Waals surface area contributed by atoms with Crippen molar-refractivity contribution in [1.82, 2.24) is 0 Å². The summed E-state index contributed by atoms with van der Waals surface area (Å²) in [4.78, 5) is 22.7. The van der Waals surface area contributed by atoms with Crippen molar-refractivity contribution in [1.29, 1.82) is 0 Å². The first-order valence-corrected chi connectivity index (χ1v) is 5.47. The summed E-state index contributed by atoms with van der Waals surface area (Å²) in [5.74, 6) is -0.936. The number of carboxylic acid groups (broad SMARTS) is 1. The van der Waals surface area contributed by atoms with Gasteiger partial charge in [-0.15, -0.1) is 0 Å². The predicted octanol–water partition coefficient (Wildman–Crippen LogP) is 2.00. The largest absolute Gasteiger partial charge is 0.497 e. The van der Waals surface area contributed by atoms with Crippen LogP contribution in [0.15, 0.2) is 18.2 Å². The minimum Gasteiger partial charge on any atom is -0.497 e. The fraction of sp³-hybridized carbons (Fsp3) is 0.385. The minimum atomic E-state index is -1.00. The second-order valence-corrected chi connectivity index (χ2v) is 3.93. The summed E-state index contributed by atoms with van der Waals surface area (Å²) in [6.07, 6.45) is -0.209. The molecule has 0 aliphatic carbocycles. The van der Waals surface area contributed by atoms with E-state index in [-0.39, 0.29) is 12.2 Å². The quantitative estimate of drug-likeness (QED) is 0.784. The monoisotopic (exact) mass is 252 g/mol. The number of carbonyl (C=O) groups excluding carboxylic acids is 1. The van der Waals surface area contributed by atoms with E-state index in [0.717, 1.165) is 0 Å². The number of ether oxygens (including phenoxy) is 2. The maximum absolute atomic E-state index is 12.1. The zero-order valence-corrected chi connectivity index (χ0v) is 10.6. The molecule has 0 saturated carbocycles. The van der Waals surface area contributed by atoms with Crippen molar-refractivity contribution in [3.8, 4) is 11.5 Å². The molecule has 0 heterocycles. The highest BCUT2D eigenvalue weighted by Gasteiger charge is 2.22. The maximum Gasteiger partial charge on any atom is 0.304 e. The molecule has 0 bridgehead atoms. The van der Waals surface area contributed by atoms with Gasteiger partial charge in [-0.25, -0.2) is 0 Å². The molecule has 1 unspecified atom stereocenters. The van der Waals surface area contributed by atoms with E-state index in [1.54, 1.807) is 25.1 Å². The molecule has 1 aromatic rings. The van der Waals surface area contributed by atoms with Crippen LogP contribution in [-0.2, 0) is 4.79 Å². The summed E-state index contributed by atoms with van der Waals surface area (Å²) in [5.41, 5.74) is 0.339. The normalized spacial score (nSPS) is 11.7. The zero-order chi connectivity index (χ0) is 13.7. The van der Waals surface area contributed by atoms with E-state index in [4.69, 9.17) is 14.6 Å². The van der Waals surface area contributed by atoms with Crippen molar-refractivity contribution in [2.45, 2.75) is 13.3 Å². The Kier molecular flexibility index (Phi) is 4.71. The average molecular weight is 252 g/mol. The van der Waals surface area contributed by atoms with Gasteiger partial charge in [0.15, 0.2) is 5.78 Å². The van der Waals surface area contributed by atoms with Gasteiger partial charge < -0.3 is 14.6 Å². The molecule has 98 valence electrons. The van der Waals surface area contributed by atoms with Gasteiger partial charge in [0.1, 0.15) is 11.5 Å². The number of ketones is 1. The Hall–Kier alpha value is -2.04. The smallest absolute Gasteiger partial charge is 0.304 e. The molecule has 0 saturated heterocycles. The van der Waals surface area contributed by atoms with Crippen LogP contribution in [0.1, 0.15) is 23.7 Å². The lowest BCUT2D eigenvalue weighted by Crippen LogP contribution is -2.16. The Morgan fingerprint density at radius 2 is 1.94 bits per heavy atom. The number of carbonyl (C=O) groups is 2. The van der Waals surface area contributed by atoms with Crippen LogP contribution in [-0.4, -0.2) is 31.1 Å². The van der Waals surface area contributed by atoms with Gasteiger partial charge in [0, 0.05) is 5.92 Å². The molecular weight excluding hydrogens is 236 g/mol. The van der Waals surface area contributed by atoms with Gasteiger partial charge in [0.05, 0.1) is 26.2 Å². The van der Waals surface area contributed by atoms with Crippen LogP contribution in [0.3, 0.4) is 0 Å². The topological polar surface area (TPSA) is 72.8 Å². The van der Waals surface area contributed by atoms with Crippen LogP contribution in [0.5, 0.6) is 11.5 Å². The summed E-state index contributed by atoms with van der Waals surface area (Å²) < 4.78 is 10.1. The van der Waals surface area contributed by atoms with Gasteiger partial charge in [-0.2, -0.15) is 0 Å². The molecule has 0 aromatic heterocycles. The van der Waals surface area contributed by atoms with Gasteiger partial charge in [-0.05, 0) is 18.2 Å². The fourth-order valence-corrected chi connectivity index (χ4v) is 1.63. The molecule has 18 heavy (non-hydrogen) atoms. The Bertz CT molecular complexity index is 453. The number of methoxy groups -OCH3 is 2. The lowest BCUT2D eigenvalue weighted by atomic mass is 9.95. The van der Waals surface area contributed by atoms with Gasteiger partial charge in [-0.1, -0.05) is 6.92 Å². The van der Waals surface area contributed by atoms with Crippen molar-refractivity contribution in [3.63, 3.8) is 0 Å². The van der Waals surface area contributed by atoms with Gasteiger partial charge in [0.2, 0.25) is 0 Å². The van der Waals surface area contributed by atoms with Gasteiger partial charge >= 0.3 is 5.97 Å². The molecule has 5 heteroatoms. The van der Waals surface area contributed by atoms with E-state index < -0.39 is 11.9 Å². The Labute approximate surface area is 105 Å². The highest BCUT2D eigenvalue weighted by Crippen LogP contribution is 2.27. The molecule has 1 aromatic carbocycles. The molecule has 0 aliphatic rings. The SMILES string of the molecule is COc1ccc(OC)c(C(=O)C(C)CC(=O)O)c1. The second-order valence-electron chi connectivity index (χ2n) is 3.93. The third kappa shape index (κ3) is 3.23. The van der Waals surface area contributed by atoms with Gasteiger partial charge in [-0.3, -0.25) is 9.59 Å². The molecule has 1 N–H and O–H groups in total. The minimum absolute atomic E-state index is 0.209. The third-order valence-corrected chi connectivity index (χ3v) is 2.60. The predicted molar refractivity (Wildman–Crippen MR) is 65.3 cm³/mol. The van der Waals surface area contributed by atoms with E-state index in [2.05, 4.69) is 0 Å². The fourth-order valence-electron chi connectivity index (χ4n) is 1.63. The lowest BCUT2D eigenvalue weighted by Gasteiger charge is -2.12. The van der Waals surface area contributed by atoms with Crippen LogP contribution in [0.4, 0.5) is 0 Å². The highest BCUT2D eigenvalue weighted by molar-refractivity contribution is 6.01. The van der Waals surface area contributed by atoms with E-state index in [0.29, 0.717) is 17.1 Å². The van der Waals surface area contributed by atoms with Crippen molar-refractivity contribution in [2.24, 2.45) is 5.92 Å². The van der Waals surface area contributed by atoms with Crippen molar-refractivity contribution < 1.29 is 24.2 Å². The lowest BCUT2D eigenvalue weighted by molar-refractivity contribution is -0.137. The number of aliphatic carboxylic acids is 1. The van der Waals surface area contributed by atoms with Crippen molar-refractivity contribution >= 4 is 11.8 Å². The number of benzene rings is 1. The summed E-state index contributed by atoms with van der Waals surface area (Å²) in [7, 11) is 2.96. The first kappa shape index (κ1) is 14.0. The Morgan fingerprint density at radius 1 is 1.28 bits per heavy atom. The van der Waals surface area contributed by atoms with Crippen LogP contribution in [0.2, 0.25) is 0 Å². The first-order valence-electron chi connectivity index (χ1n) is 5.47. The molecule has 0 amide bonds. The average Bonchev–Trinajstić information content (AvgIpc) is 2.36. The molecule has 0 fully saturated rings. The van der Waals surface area contributed by atoms with Crippen LogP contribution in [0, 0.1) is 5.92 Å². The number of rotatable bonds is 6. The van der Waals surface area contributed by atoms with Crippen molar-refractivity contribution in [3.05, 3.63) is 23.8 Å². The molecule has 1 rings (SSSR count). The number of carboxylic acids is 1. The van der Waals surface area contributed by atoms with Crippen LogP contribution < -0.4 is 9.47 Å². The number of hydrogen-bond acceptors (Lipinski definition) is 4. The van der Waals surface area contributed by atoms with Crippen LogP contribution in [0.25, 0.3) is 0 Å². The molecule has 0 radical (unpaired) electrons. The highest BCUT2D eigenvalue weighted by atomic mass is 16.5. The van der Waals surface area contributed by atoms with Gasteiger partial charge in [0.25, 0.3) is 0 Å². The summed E-state index contributed by atoms with van der Waals surface area (Å²) >= 11 is 0. The molecule has 5 nitrogen and oxygen atoms in total. The van der Waals surface area contributed by atoms with Crippen LogP contribution >= 0.6 is 0 Å². The van der Waals surface area contributed by atoms with E-state index in [9.17, 15) is 9.59 Å². The molecule has 0 aliphatic heterocycles. The first-order chi connectivity index (χ1) is 8.49. The van der Waals surface area contributed by atoms with Crippen molar-refractivity contribution in [2.75, 3.05) is 14.2 Å². The molecular formula is C13H16O5. The Morgan fingerprint density at radius 3 is 2.44 bits per heavy atom. The van der Waals surface area contributed by atoms with E-state index in [1.807, 2.05) is 0 Å².